The van der Waals surface area contributed by atoms with E-state index in [1.165, 1.54) is 29.1 Å². The Hall–Kier alpha value is -3.81. The first kappa shape index (κ1) is 18.5. The fourth-order valence-corrected chi connectivity index (χ4v) is 2.95. The van der Waals surface area contributed by atoms with Crippen molar-refractivity contribution in [3.05, 3.63) is 90.0 Å². The van der Waals surface area contributed by atoms with Crippen molar-refractivity contribution >= 4 is 11.6 Å². The quantitative estimate of drug-likeness (QED) is 0.561. The van der Waals surface area contributed by atoms with Crippen LogP contribution in [0, 0.1) is 18.6 Å². The summed E-state index contributed by atoms with van der Waals surface area (Å²) < 4.78 is 30.1. The summed E-state index contributed by atoms with van der Waals surface area (Å²) in [6.45, 7) is 1.75. The van der Waals surface area contributed by atoms with Gasteiger partial charge in [-0.2, -0.15) is 10.2 Å². The standard InChI is InChI=1S/C21H17F2N5O/c1-14-19(13-24-28(14)20-5-3-2-4-18(20)23)25-21(29)12-16-10-11-27(26-16)17-8-6-15(22)7-9-17/h2-11,13H,12H2,1H3,(H,25,29). The van der Waals surface area contributed by atoms with Gasteiger partial charge in [-0.3, -0.25) is 4.79 Å². The number of hydrogen-bond acceptors (Lipinski definition) is 3. The molecular formula is C21H17F2N5O. The van der Waals surface area contributed by atoms with Gasteiger partial charge in [0.1, 0.15) is 17.3 Å². The topological polar surface area (TPSA) is 64.7 Å². The fraction of sp³-hybridized carbons (Fsp3) is 0.0952. The van der Waals surface area contributed by atoms with Crippen LogP contribution in [0.1, 0.15) is 11.4 Å². The zero-order valence-corrected chi connectivity index (χ0v) is 15.5. The van der Waals surface area contributed by atoms with Crippen molar-refractivity contribution in [1.82, 2.24) is 19.6 Å². The van der Waals surface area contributed by atoms with Crippen LogP contribution < -0.4 is 5.32 Å². The Morgan fingerprint density at radius 3 is 2.59 bits per heavy atom. The highest BCUT2D eigenvalue weighted by molar-refractivity contribution is 5.92. The van der Waals surface area contributed by atoms with Gasteiger partial charge in [0, 0.05) is 6.20 Å². The van der Waals surface area contributed by atoms with E-state index in [1.807, 2.05) is 0 Å². The molecule has 0 spiro atoms. The Morgan fingerprint density at radius 1 is 1.07 bits per heavy atom. The smallest absolute Gasteiger partial charge is 0.230 e. The Bertz CT molecular complexity index is 1160. The molecule has 1 amide bonds. The highest BCUT2D eigenvalue weighted by atomic mass is 19.1. The molecule has 8 heteroatoms. The molecule has 0 fully saturated rings. The Morgan fingerprint density at radius 2 is 1.83 bits per heavy atom. The predicted molar refractivity (Wildman–Crippen MR) is 104 cm³/mol. The van der Waals surface area contributed by atoms with E-state index < -0.39 is 5.82 Å². The summed E-state index contributed by atoms with van der Waals surface area (Å²) >= 11 is 0. The monoisotopic (exact) mass is 393 g/mol. The maximum atomic E-state index is 14.0. The van der Waals surface area contributed by atoms with Crippen molar-refractivity contribution in [2.75, 3.05) is 5.32 Å². The SMILES string of the molecule is Cc1c(NC(=O)Cc2ccn(-c3ccc(F)cc3)n2)cnn1-c1ccccc1F. The molecule has 2 aromatic carbocycles. The van der Waals surface area contributed by atoms with Gasteiger partial charge in [0.25, 0.3) is 0 Å². The van der Waals surface area contributed by atoms with Crippen LogP contribution in [0.2, 0.25) is 0 Å². The molecule has 0 saturated heterocycles. The first-order valence-electron chi connectivity index (χ1n) is 8.91. The molecule has 0 aliphatic rings. The van der Waals surface area contributed by atoms with E-state index in [2.05, 4.69) is 15.5 Å². The van der Waals surface area contributed by atoms with Gasteiger partial charge in [0.15, 0.2) is 0 Å². The minimum Gasteiger partial charge on any atom is -0.323 e. The second-order valence-electron chi connectivity index (χ2n) is 6.46. The zero-order valence-electron chi connectivity index (χ0n) is 15.5. The van der Waals surface area contributed by atoms with Crippen molar-refractivity contribution in [2.24, 2.45) is 0 Å². The van der Waals surface area contributed by atoms with Crippen LogP contribution in [0.15, 0.2) is 67.0 Å². The molecule has 0 atom stereocenters. The molecule has 4 aromatic rings. The molecule has 0 unspecified atom stereocenters. The molecule has 1 N–H and O–H groups in total. The third kappa shape index (κ3) is 3.91. The van der Waals surface area contributed by atoms with Gasteiger partial charge in [0.2, 0.25) is 5.91 Å². The van der Waals surface area contributed by atoms with Gasteiger partial charge in [-0.05, 0) is 49.4 Å². The van der Waals surface area contributed by atoms with Gasteiger partial charge < -0.3 is 5.32 Å². The lowest BCUT2D eigenvalue weighted by Crippen LogP contribution is -2.15. The number of nitrogens with zero attached hydrogens (tertiary/aromatic N) is 4. The van der Waals surface area contributed by atoms with Crippen LogP contribution in [-0.4, -0.2) is 25.5 Å². The number of carbonyl (C=O) groups is 1. The first-order chi connectivity index (χ1) is 14.0. The summed E-state index contributed by atoms with van der Waals surface area (Å²) in [6, 6.07) is 13.9. The van der Waals surface area contributed by atoms with E-state index in [1.54, 1.807) is 54.2 Å². The molecule has 4 rings (SSSR count). The molecule has 0 bridgehead atoms. The third-order valence-corrected chi connectivity index (χ3v) is 4.44. The van der Waals surface area contributed by atoms with Crippen molar-refractivity contribution in [3.63, 3.8) is 0 Å². The number of benzene rings is 2. The molecule has 0 aliphatic heterocycles. The molecule has 0 radical (unpaired) electrons. The predicted octanol–water partition coefficient (Wildman–Crippen LogP) is 3.83. The Kier molecular flexibility index (Phi) is 4.90. The van der Waals surface area contributed by atoms with Crippen molar-refractivity contribution in [1.29, 1.82) is 0 Å². The van der Waals surface area contributed by atoms with Gasteiger partial charge in [0.05, 0.1) is 35.4 Å². The van der Waals surface area contributed by atoms with Crippen molar-refractivity contribution < 1.29 is 13.6 Å². The highest BCUT2D eigenvalue weighted by Crippen LogP contribution is 2.20. The summed E-state index contributed by atoms with van der Waals surface area (Å²) in [7, 11) is 0. The molecule has 146 valence electrons. The van der Waals surface area contributed by atoms with E-state index in [4.69, 9.17) is 0 Å². The van der Waals surface area contributed by atoms with E-state index in [0.717, 1.165) is 0 Å². The van der Waals surface area contributed by atoms with E-state index in [9.17, 15) is 13.6 Å². The average Bonchev–Trinajstić information content (AvgIpc) is 3.30. The number of para-hydroxylation sites is 1. The highest BCUT2D eigenvalue weighted by Gasteiger charge is 2.14. The minimum atomic E-state index is -0.400. The number of carbonyl (C=O) groups excluding carboxylic acids is 1. The minimum absolute atomic E-state index is 0.0541. The second-order valence-corrected chi connectivity index (χ2v) is 6.46. The summed E-state index contributed by atoms with van der Waals surface area (Å²) in [5, 5.41) is 11.3. The Balaban J connectivity index is 1.46. The fourth-order valence-electron chi connectivity index (χ4n) is 2.95. The lowest BCUT2D eigenvalue weighted by atomic mass is 10.2. The van der Waals surface area contributed by atoms with Crippen LogP contribution in [-0.2, 0) is 11.2 Å². The maximum Gasteiger partial charge on any atom is 0.230 e. The number of nitrogens with one attached hydrogen (secondary N) is 1. The first-order valence-corrected chi connectivity index (χ1v) is 8.91. The number of aromatic nitrogens is 4. The van der Waals surface area contributed by atoms with Gasteiger partial charge in [-0.25, -0.2) is 18.1 Å². The molecule has 6 nitrogen and oxygen atoms in total. The number of amides is 1. The van der Waals surface area contributed by atoms with Gasteiger partial charge in [-0.1, -0.05) is 12.1 Å². The largest absolute Gasteiger partial charge is 0.323 e. The molecule has 0 aliphatic carbocycles. The van der Waals surface area contributed by atoms with Crippen LogP contribution in [0.25, 0.3) is 11.4 Å². The second kappa shape index (κ2) is 7.67. The lowest BCUT2D eigenvalue weighted by molar-refractivity contribution is -0.115. The van der Waals surface area contributed by atoms with E-state index in [0.29, 0.717) is 28.5 Å². The third-order valence-electron chi connectivity index (χ3n) is 4.44. The maximum absolute atomic E-state index is 14.0. The molecule has 2 aromatic heterocycles. The van der Waals surface area contributed by atoms with Crippen LogP contribution in [0.3, 0.4) is 0 Å². The zero-order chi connectivity index (χ0) is 20.4. The lowest BCUT2D eigenvalue weighted by Gasteiger charge is -2.07. The van der Waals surface area contributed by atoms with E-state index >= 15 is 0 Å². The molecule has 2 heterocycles. The van der Waals surface area contributed by atoms with Gasteiger partial charge in [-0.15, -0.1) is 0 Å². The number of rotatable bonds is 5. The van der Waals surface area contributed by atoms with Crippen LogP contribution in [0.5, 0.6) is 0 Å². The molecule has 0 saturated carbocycles. The van der Waals surface area contributed by atoms with Crippen LogP contribution in [0.4, 0.5) is 14.5 Å². The average molecular weight is 393 g/mol. The number of halogens is 2. The van der Waals surface area contributed by atoms with E-state index in [-0.39, 0.29) is 18.1 Å². The number of hydrogen-bond donors (Lipinski definition) is 1. The van der Waals surface area contributed by atoms with Crippen molar-refractivity contribution in [2.45, 2.75) is 13.3 Å². The summed E-state index contributed by atoms with van der Waals surface area (Å²) in [5.74, 6) is -1.000. The normalized spacial score (nSPS) is 10.9. The number of anilines is 1. The molecule has 29 heavy (non-hydrogen) atoms. The summed E-state index contributed by atoms with van der Waals surface area (Å²) in [6.07, 6.45) is 3.24. The van der Waals surface area contributed by atoms with Crippen LogP contribution >= 0.6 is 0 Å². The summed E-state index contributed by atoms with van der Waals surface area (Å²) in [4.78, 5) is 12.4. The van der Waals surface area contributed by atoms with Gasteiger partial charge >= 0.3 is 0 Å². The summed E-state index contributed by atoms with van der Waals surface area (Å²) in [5.41, 5.74) is 2.67. The Labute approximate surface area is 165 Å². The van der Waals surface area contributed by atoms with Crippen molar-refractivity contribution in [3.8, 4) is 11.4 Å². The molecular weight excluding hydrogens is 376 g/mol.